The molecule has 1 unspecified atom stereocenters. The summed E-state index contributed by atoms with van der Waals surface area (Å²) in [6, 6.07) is 4.81. The lowest BCUT2D eigenvalue weighted by atomic mass is 9.84. The lowest BCUT2D eigenvalue weighted by Gasteiger charge is -2.34. The molecule has 61 heavy (non-hydrogen) atoms. The number of rotatable bonds is 12. The Kier molecular flexibility index (Phi) is 17.2. The third-order valence-corrected chi connectivity index (χ3v) is 9.67. The number of amides is 6. The van der Waals surface area contributed by atoms with E-state index in [0.29, 0.717) is 16.7 Å². The van der Waals surface area contributed by atoms with Gasteiger partial charge >= 0.3 is 18.3 Å². The van der Waals surface area contributed by atoms with Gasteiger partial charge in [-0.1, -0.05) is 32.9 Å². The summed E-state index contributed by atoms with van der Waals surface area (Å²) in [5.74, 6) is -2.51. The first-order chi connectivity index (χ1) is 28.3. The minimum Gasteiger partial charge on any atom is -0.508 e. The number of phenolic OH excluding ortho intramolecular Hbond substituents is 2. The molecule has 0 saturated carbocycles. The fourth-order valence-corrected chi connectivity index (χ4v) is 6.64. The lowest BCUT2D eigenvalue weighted by molar-refractivity contribution is -0.137. The number of aromatic hydroxyl groups is 2. The van der Waals surface area contributed by atoms with Crippen LogP contribution in [-0.4, -0.2) is 118 Å². The molecule has 0 aliphatic carbocycles. The summed E-state index contributed by atoms with van der Waals surface area (Å²) in [6.07, 6.45) is -2.98. The highest BCUT2D eigenvalue weighted by Gasteiger charge is 2.35. The molecule has 6 amide bonds. The molecule has 1 aliphatic heterocycles. The number of hydrogen-bond acceptors (Lipinski definition) is 11. The Bertz CT molecular complexity index is 1880. The van der Waals surface area contributed by atoms with Crippen molar-refractivity contribution in [3.8, 4) is 22.6 Å². The van der Waals surface area contributed by atoms with Crippen molar-refractivity contribution in [3.63, 3.8) is 0 Å². The van der Waals surface area contributed by atoms with Crippen LogP contribution in [0.2, 0.25) is 0 Å². The number of benzene rings is 2. The minimum atomic E-state index is -1.38. The lowest BCUT2D eigenvalue weighted by Crippen LogP contribution is -2.58. The number of ether oxygens (including phenoxy) is 2. The average molecular weight is 856 g/mol. The van der Waals surface area contributed by atoms with Crippen molar-refractivity contribution in [1.29, 1.82) is 0 Å². The Balaban J connectivity index is 2.14. The molecule has 1 heterocycles. The van der Waals surface area contributed by atoms with E-state index in [2.05, 4.69) is 26.6 Å². The first-order valence-corrected chi connectivity index (χ1v) is 20.5. The zero-order valence-electron chi connectivity index (χ0n) is 36.8. The number of carbonyl (C=O) groups is 6. The van der Waals surface area contributed by atoms with Gasteiger partial charge < -0.3 is 62.0 Å². The molecule has 0 saturated heterocycles. The van der Waals surface area contributed by atoms with Crippen LogP contribution in [0.5, 0.6) is 11.5 Å². The molecule has 1 aliphatic rings. The second-order valence-corrected chi connectivity index (χ2v) is 18.3. The first kappa shape index (κ1) is 49.6. The van der Waals surface area contributed by atoms with Gasteiger partial charge in [0.2, 0.25) is 17.7 Å². The van der Waals surface area contributed by atoms with E-state index in [4.69, 9.17) is 15.2 Å². The van der Waals surface area contributed by atoms with Crippen molar-refractivity contribution >= 4 is 36.0 Å². The summed E-state index contributed by atoms with van der Waals surface area (Å²) in [7, 11) is 0. The normalized spacial score (nSPS) is 17.9. The molecular formula is C43H65N7O11. The van der Waals surface area contributed by atoms with E-state index in [1.54, 1.807) is 65.8 Å². The molecule has 0 radical (unpaired) electrons. The highest BCUT2D eigenvalue weighted by molar-refractivity contribution is 5.94. The smallest absolute Gasteiger partial charge is 0.408 e. The summed E-state index contributed by atoms with van der Waals surface area (Å²) < 4.78 is 10.8. The number of fused-ring (bicyclic) bond motifs is 5. The SMILES string of the molecule is CC(C)(C)OC(=O)NCCC[C@@H]1NC(=O)[C@@H](NC(=O)OC(C)(C)C)Cc2cc(ccc2O)-c2ccc(O)c(c2)C[C@@H](C(=O)N(CCN)CCC(NC(=O)O)C(C)(C)C)NC1=O. The first-order valence-electron chi connectivity index (χ1n) is 20.5. The number of carboxylic acid groups (broad SMARTS) is 1. The van der Waals surface area contributed by atoms with Gasteiger partial charge in [0.05, 0.1) is 0 Å². The third kappa shape index (κ3) is 16.3. The van der Waals surface area contributed by atoms with Crippen LogP contribution in [-0.2, 0) is 36.7 Å². The molecule has 10 N–H and O–H groups in total. The maximum atomic E-state index is 14.6. The summed E-state index contributed by atoms with van der Waals surface area (Å²) in [5.41, 5.74) is 5.47. The van der Waals surface area contributed by atoms with Gasteiger partial charge in [-0.25, -0.2) is 14.4 Å². The number of nitrogens with one attached hydrogen (secondary N) is 5. The molecule has 3 rings (SSSR count). The standard InChI is InChI=1S/C43H65N7O11/c1-41(2,3)34(49-38(56)57)16-19-50(20-17-44)37(55)31-24-28-22-26(13-15-33(28)52)25-12-14-32(51)27(21-25)23-30(48-40(59)61-43(7,8)9)36(54)46-29(35(53)47-31)11-10-18-45-39(58)60-42(4,5)6/h12-15,21-22,29-31,34,49,51-52H,10-11,16-20,23-24,44H2,1-9H3,(H,45,58)(H,46,54)(H,47,53)(H,48,59)(H,56,57)/t29-,30-,31-,34?/m0/s1. The Morgan fingerprint density at radius 2 is 1.38 bits per heavy atom. The van der Waals surface area contributed by atoms with Gasteiger partial charge in [-0.05, 0) is 113 Å². The summed E-state index contributed by atoms with van der Waals surface area (Å²) in [4.78, 5) is 81.8. The number of phenols is 2. The van der Waals surface area contributed by atoms with Crippen LogP contribution in [0.1, 0.15) is 92.7 Å². The second-order valence-electron chi connectivity index (χ2n) is 18.3. The molecule has 0 spiro atoms. The predicted octanol–water partition coefficient (Wildman–Crippen LogP) is 3.89. The molecule has 0 aromatic heterocycles. The quantitative estimate of drug-likeness (QED) is 0.138. The Labute approximate surface area is 357 Å². The van der Waals surface area contributed by atoms with Crippen molar-refractivity contribution < 1.29 is 53.6 Å². The van der Waals surface area contributed by atoms with E-state index in [-0.39, 0.29) is 75.3 Å². The minimum absolute atomic E-state index is 0.0399. The average Bonchev–Trinajstić information content (AvgIpc) is 3.12. The van der Waals surface area contributed by atoms with Gasteiger partial charge in [0.25, 0.3) is 0 Å². The maximum Gasteiger partial charge on any atom is 0.408 e. The van der Waals surface area contributed by atoms with Gasteiger partial charge in [0.15, 0.2) is 0 Å². The van der Waals surface area contributed by atoms with Crippen LogP contribution in [0.15, 0.2) is 36.4 Å². The molecule has 2 aromatic carbocycles. The van der Waals surface area contributed by atoms with Crippen LogP contribution in [0, 0.1) is 5.41 Å². The van der Waals surface area contributed by atoms with Crippen molar-refractivity contribution in [3.05, 3.63) is 47.5 Å². The molecule has 4 atom stereocenters. The number of nitrogens with zero attached hydrogens (tertiary/aromatic N) is 1. The van der Waals surface area contributed by atoms with Gasteiger partial charge in [-0.15, -0.1) is 0 Å². The highest BCUT2D eigenvalue weighted by Crippen LogP contribution is 2.31. The van der Waals surface area contributed by atoms with Gasteiger partial charge in [0, 0.05) is 45.1 Å². The Morgan fingerprint density at radius 1 is 0.820 bits per heavy atom. The predicted molar refractivity (Wildman–Crippen MR) is 228 cm³/mol. The monoisotopic (exact) mass is 855 g/mol. The van der Waals surface area contributed by atoms with Crippen LogP contribution in [0.25, 0.3) is 11.1 Å². The van der Waals surface area contributed by atoms with Crippen LogP contribution in [0.4, 0.5) is 14.4 Å². The van der Waals surface area contributed by atoms with Crippen molar-refractivity contribution in [1.82, 2.24) is 31.5 Å². The third-order valence-electron chi connectivity index (χ3n) is 9.67. The van der Waals surface area contributed by atoms with Crippen LogP contribution < -0.4 is 32.3 Å². The second kappa shape index (κ2) is 21.1. The summed E-state index contributed by atoms with van der Waals surface area (Å²) >= 11 is 0. The van der Waals surface area contributed by atoms with Gasteiger partial charge in [-0.2, -0.15) is 0 Å². The number of carbonyl (C=O) groups excluding carboxylic acids is 5. The van der Waals surface area contributed by atoms with Gasteiger partial charge in [-0.3, -0.25) is 14.4 Å². The van der Waals surface area contributed by atoms with Crippen molar-refractivity contribution in [2.24, 2.45) is 11.1 Å². The zero-order valence-corrected chi connectivity index (χ0v) is 36.8. The Morgan fingerprint density at radius 3 is 1.90 bits per heavy atom. The van der Waals surface area contributed by atoms with E-state index >= 15 is 0 Å². The van der Waals surface area contributed by atoms with E-state index in [0.717, 1.165) is 0 Å². The molecule has 2 aromatic rings. The number of nitrogens with two attached hydrogens (primary N) is 1. The van der Waals surface area contributed by atoms with Gasteiger partial charge in [0.1, 0.15) is 40.8 Å². The molecule has 4 bridgehead atoms. The number of hydrogen-bond donors (Lipinski definition) is 9. The summed E-state index contributed by atoms with van der Waals surface area (Å²) in [6.45, 7) is 15.8. The van der Waals surface area contributed by atoms with Crippen LogP contribution >= 0.6 is 0 Å². The van der Waals surface area contributed by atoms with Crippen LogP contribution in [0.3, 0.4) is 0 Å². The fourth-order valence-electron chi connectivity index (χ4n) is 6.64. The molecule has 18 nitrogen and oxygen atoms in total. The molecule has 0 fully saturated rings. The van der Waals surface area contributed by atoms with E-state index in [1.165, 1.54) is 17.0 Å². The molecular weight excluding hydrogens is 791 g/mol. The van der Waals surface area contributed by atoms with Crippen molar-refractivity contribution in [2.45, 2.75) is 130 Å². The Hall–Kier alpha value is -5.78. The largest absolute Gasteiger partial charge is 0.508 e. The topological polar surface area (TPSA) is 271 Å². The van der Waals surface area contributed by atoms with E-state index in [1.807, 2.05) is 20.8 Å². The number of alkyl carbamates (subject to hydrolysis) is 2. The summed E-state index contributed by atoms with van der Waals surface area (Å²) in [5, 5.41) is 44.8. The highest BCUT2D eigenvalue weighted by atomic mass is 16.6. The van der Waals surface area contributed by atoms with E-state index < -0.39 is 76.8 Å². The molecule has 338 valence electrons. The van der Waals surface area contributed by atoms with E-state index in [9.17, 15) is 44.1 Å². The zero-order chi connectivity index (χ0) is 45.9. The fraction of sp³-hybridized carbons (Fsp3) is 0.581. The molecule has 18 heteroatoms. The van der Waals surface area contributed by atoms with Crippen molar-refractivity contribution in [2.75, 3.05) is 26.2 Å². The maximum absolute atomic E-state index is 14.6.